The third-order valence-corrected chi connectivity index (χ3v) is 6.50. The zero-order valence-electron chi connectivity index (χ0n) is 17.9. The minimum absolute atomic E-state index is 0.178. The second kappa shape index (κ2) is 7.16. The zero-order valence-corrected chi connectivity index (χ0v) is 17.9. The molecule has 3 amide bonds. The molecule has 0 spiro atoms. The van der Waals surface area contributed by atoms with Crippen LogP contribution in [0.5, 0.6) is 0 Å². The number of furan rings is 1. The Balaban J connectivity index is 1.36. The normalized spacial score (nSPS) is 18.2. The van der Waals surface area contributed by atoms with Crippen molar-refractivity contribution in [1.29, 1.82) is 0 Å². The van der Waals surface area contributed by atoms with Crippen LogP contribution in [0.4, 0.5) is 0 Å². The van der Waals surface area contributed by atoms with Crippen LogP contribution in [0.15, 0.2) is 59.3 Å². The number of carbonyl (C=O) groups excluding carboxylic acids is 3. The number of imide groups is 1. The van der Waals surface area contributed by atoms with E-state index in [1.165, 1.54) is 0 Å². The van der Waals surface area contributed by atoms with Crippen LogP contribution in [-0.4, -0.2) is 38.4 Å². The third-order valence-electron chi connectivity index (χ3n) is 6.50. The van der Waals surface area contributed by atoms with Crippen LogP contribution >= 0.6 is 0 Å². The van der Waals surface area contributed by atoms with Crippen LogP contribution < -0.4 is 5.32 Å². The average Bonchev–Trinajstić information content (AvgIpc) is 3.50. The minimum atomic E-state index is -0.623. The summed E-state index contributed by atoms with van der Waals surface area (Å²) in [5.41, 5.74) is 6.16. The molecule has 33 heavy (non-hydrogen) atoms. The molecule has 0 aliphatic carbocycles. The summed E-state index contributed by atoms with van der Waals surface area (Å²) in [7, 11) is 1.90. The summed E-state index contributed by atoms with van der Waals surface area (Å²) >= 11 is 0. The number of hydrogen-bond donors (Lipinski definition) is 1. The molecular formula is C25H20N4O4. The molecular weight excluding hydrogens is 420 g/mol. The van der Waals surface area contributed by atoms with E-state index in [1.54, 1.807) is 11.2 Å². The lowest BCUT2D eigenvalue weighted by Crippen LogP contribution is -2.52. The number of fused-ring (bicyclic) bond motifs is 2. The van der Waals surface area contributed by atoms with E-state index in [-0.39, 0.29) is 18.2 Å². The quantitative estimate of drug-likeness (QED) is 0.493. The van der Waals surface area contributed by atoms with E-state index in [0.29, 0.717) is 18.5 Å². The van der Waals surface area contributed by atoms with Crippen molar-refractivity contribution in [2.75, 3.05) is 0 Å². The molecule has 0 unspecified atom stereocenters. The van der Waals surface area contributed by atoms with Crippen LogP contribution in [0.1, 0.15) is 28.8 Å². The SMILES string of the molecule is Cn1ncc(-c2ccc3c(c2)CN([C@H]2CCC(=O)NC2=O)C3=O)c1-c1ccc2occc2c1. The Morgan fingerprint density at radius 2 is 1.88 bits per heavy atom. The number of aryl methyl sites for hydroxylation is 1. The molecule has 4 heterocycles. The largest absolute Gasteiger partial charge is 0.464 e. The van der Waals surface area contributed by atoms with Crippen molar-refractivity contribution in [2.24, 2.45) is 7.05 Å². The smallest absolute Gasteiger partial charge is 0.255 e. The summed E-state index contributed by atoms with van der Waals surface area (Å²) in [5, 5.41) is 7.84. The predicted molar refractivity (Wildman–Crippen MR) is 120 cm³/mol. The fraction of sp³-hybridized carbons (Fsp3) is 0.200. The Labute approximate surface area is 188 Å². The first-order valence-corrected chi connectivity index (χ1v) is 10.8. The first kappa shape index (κ1) is 19.5. The number of nitrogens with zero attached hydrogens (tertiary/aromatic N) is 3. The molecule has 8 heteroatoms. The second-order valence-corrected chi connectivity index (χ2v) is 8.48. The van der Waals surface area contributed by atoms with E-state index >= 15 is 0 Å². The molecule has 4 aromatic rings. The standard InChI is InChI=1S/C25H20N4O4/c1-28-23(16-3-6-21-15(11-16)8-9-33-21)19(12-26-28)14-2-4-18-17(10-14)13-29(25(18)32)20-5-7-22(30)27-24(20)31/h2-4,6,8-12,20H,5,7,13H2,1H3,(H,27,30,31)/t20-/m0/s1. The van der Waals surface area contributed by atoms with Gasteiger partial charge in [-0.05, 0) is 53.9 Å². The van der Waals surface area contributed by atoms with E-state index in [1.807, 2.05) is 54.3 Å². The van der Waals surface area contributed by atoms with Crippen molar-refractivity contribution in [3.63, 3.8) is 0 Å². The second-order valence-electron chi connectivity index (χ2n) is 8.48. The Kier molecular flexibility index (Phi) is 4.23. The molecule has 1 fully saturated rings. The monoisotopic (exact) mass is 440 g/mol. The van der Waals surface area contributed by atoms with Gasteiger partial charge in [0, 0.05) is 42.1 Å². The fourth-order valence-corrected chi connectivity index (χ4v) is 4.85. The maximum atomic E-state index is 13.0. The summed E-state index contributed by atoms with van der Waals surface area (Å²) in [6, 6.07) is 13.1. The maximum Gasteiger partial charge on any atom is 0.255 e. The summed E-state index contributed by atoms with van der Waals surface area (Å²) in [4.78, 5) is 38.4. The molecule has 164 valence electrons. The van der Waals surface area contributed by atoms with Gasteiger partial charge in [-0.1, -0.05) is 6.07 Å². The molecule has 2 aromatic heterocycles. The van der Waals surface area contributed by atoms with Crippen LogP contribution in [0, 0.1) is 0 Å². The van der Waals surface area contributed by atoms with Crippen LogP contribution in [-0.2, 0) is 23.2 Å². The Morgan fingerprint density at radius 1 is 1.03 bits per heavy atom. The van der Waals surface area contributed by atoms with Gasteiger partial charge in [-0.2, -0.15) is 5.10 Å². The molecule has 0 bridgehead atoms. The number of hydrogen-bond acceptors (Lipinski definition) is 5. The Hall–Kier alpha value is -4.20. The van der Waals surface area contributed by atoms with Crippen molar-refractivity contribution in [1.82, 2.24) is 20.0 Å². The van der Waals surface area contributed by atoms with Crippen LogP contribution in [0.25, 0.3) is 33.4 Å². The Morgan fingerprint density at radius 3 is 2.73 bits per heavy atom. The molecule has 6 rings (SSSR count). The lowest BCUT2D eigenvalue weighted by Gasteiger charge is -2.29. The van der Waals surface area contributed by atoms with Gasteiger partial charge in [0.25, 0.3) is 5.91 Å². The molecule has 2 aliphatic rings. The van der Waals surface area contributed by atoms with Gasteiger partial charge in [-0.25, -0.2) is 0 Å². The van der Waals surface area contributed by atoms with Gasteiger partial charge in [-0.3, -0.25) is 24.4 Å². The van der Waals surface area contributed by atoms with Crippen molar-refractivity contribution in [3.8, 4) is 22.4 Å². The minimum Gasteiger partial charge on any atom is -0.464 e. The zero-order chi connectivity index (χ0) is 22.7. The summed E-state index contributed by atoms with van der Waals surface area (Å²) in [5.74, 6) is -0.875. The summed E-state index contributed by atoms with van der Waals surface area (Å²) < 4.78 is 7.30. The Bertz CT molecular complexity index is 1460. The molecule has 1 N–H and O–H groups in total. The number of aromatic nitrogens is 2. The van der Waals surface area contributed by atoms with Crippen LogP contribution in [0.3, 0.4) is 0 Å². The average molecular weight is 440 g/mol. The van der Waals surface area contributed by atoms with Crippen molar-refractivity contribution < 1.29 is 18.8 Å². The highest BCUT2D eigenvalue weighted by molar-refractivity contribution is 6.05. The number of nitrogens with one attached hydrogen (secondary N) is 1. The number of amides is 3. The van der Waals surface area contributed by atoms with Gasteiger partial charge in [0.1, 0.15) is 11.6 Å². The number of benzene rings is 2. The first-order valence-electron chi connectivity index (χ1n) is 10.8. The molecule has 2 aromatic carbocycles. The van der Waals surface area contributed by atoms with Gasteiger partial charge in [0.15, 0.2) is 0 Å². The van der Waals surface area contributed by atoms with Crippen LogP contribution in [0.2, 0.25) is 0 Å². The molecule has 1 atom stereocenters. The number of piperidine rings is 1. The van der Waals surface area contributed by atoms with Gasteiger partial charge >= 0.3 is 0 Å². The number of rotatable bonds is 3. The van der Waals surface area contributed by atoms with Gasteiger partial charge in [-0.15, -0.1) is 0 Å². The van der Waals surface area contributed by atoms with E-state index < -0.39 is 11.9 Å². The predicted octanol–water partition coefficient (Wildman–Crippen LogP) is 3.26. The highest BCUT2D eigenvalue weighted by Gasteiger charge is 2.39. The first-order chi connectivity index (χ1) is 16.0. The van der Waals surface area contributed by atoms with Crippen molar-refractivity contribution in [3.05, 3.63) is 66.1 Å². The fourth-order valence-electron chi connectivity index (χ4n) is 4.85. The van der Waals surface area contributed by atoms with E-state index in [4.69, 9.17) is 4.42 Å². The highest BCUT2D eigenvalue weighted by Crippen LogP contribution is 2.36. The van der Waals surface area contributed by atoms with Crippen molar-refractivity contribution in [2.45, 2.75) is 25.4 Å². The maximum absolute atomic E-state index is 13.0. The lowest BCUT2D eigenvalue weighted by atomic mass is 9.97. The van der Waals surface area contributed by atoms with Gasteiger partial charge < -0.3 is 9.32 Å². The van der Waals surface area contributed by atoms with E-state index in [9.17, 15) is 14.4 Å². The van der Waals surface area contributed by atoms with Gasteiger partial charge in [0.2, 0.25) is 11.8 Å². The number of carbonyl (C=O) groups is 3. The molecule has 0 radical (unpaired) electrons. The molecule has 2 aliphatic heterocycles. The third kappa shape index (κ3) is 3.06. The summed E-state index contributed by atoms with van der Waals surface area (Å²) in [6.45, 7) is 0.338. The highest BCUT2D eigenvalue weighted by atomic mass is 16.3. The molecule has 8 nitrogen and oxygen atoms in total. The van der Waals surface area contributed by atoms with Crippen molar-refractivity contribution >= 4 is 28.7 Å². The van der Waals surface area contributed by atoms with Gasteiger partial charge in [0.05, 0.1) is 18.2 Å². The summed E-state index contributed by atoms with van der Waals surface area (Å²) in [6.07, 6.45) is 4.08. The topological polar surface area (TPSA) is 97.4 Å². The molecule has 1 saturated heterocycles. The lowest BCUT2D eigenvalue weighted by molar-refractivity contribution is -0.136. The van der Waals surface area contributed by atoms with E-state index in [2.05, 4.69) is 16.5 Å². The molecule has 0 saturated carbocycles. The van der Waals surface area contributed by atoms with E-state index in [0.717, 1.165) is 38.9 Å².